The molecule has 2 heterocycles. The van der Waals surface area contributed by atoms with E-state index in [1.807, 2.05) is 6.92 Å². The van der Waals surface area contributed by atoms with Crippen LogP contribution in [0.2, 0.25) is 0 Å². The van der Waals surface area contributed by atoms with Gasteiger partial charge in [-0.25, -0.2) is 8.42 Å². The van der Waals surface area contributed by atoms with Gasteiger partial charge in [0.25, 0.3) is 0 Å². The van der Waals surface area contributed by atoms with Crippen molar-refractivity contribution in [1.29, 1.82) is 0 Å². The Morgan fingerprint density at radius 3 is 3.05 bits per heavy atom. The Morgan fingerprint density at radius 2 is 2.33 bits per heavy atom. The lowest BCUT2D eigenvalue weighted by Crippen LogP contribution is -2.53. The van der Waals surface area contributed by atoms with Gasteiger partial charge in [0.1, 0.15) is 11.0 Å². The average molecular weight is 312 g/mol. The number of fused-ring (bicyclic) bond motifs is 1. The van der Waals surface area contributed by atoms with Crippen LogP contribution in [0.4, 0.5) is 0 Å². The third kappa shape index (κ3) is 2.70. The van der Waals surface area contributed by atoms with Crippen molar-refractivity contribution in [2.75, 3.05) is 19.8 Å². The van der Waals surface area contributed by atoms with Gasteiger partial charge < -0.3 is 9.47 Å². The highest BCUT2D eigenvalue weighted by atomic mass is 32.2. The monoisotopic (exact) mass is 312 g/mol. The average Bonchev–Trinajstić information content (AvgIpc) is 2.92. The molecule has 0 unspecified atom stereocenters. The standard InChI is InChI=1S/C14H20N2O4S/c1-2-19-13-6-5-12-14(13)20-9-8-16(12)21(17,18)11-4-3-7-15-10-11/h3-4,7,10,12-14H,2,5-6,8-9H2,1H3/t12-,13-,14+/m0/s1. The molecule has 0 bridgehead atoms. The van der Waals surface area contributed by atoms with Crippen molar-refractivity contribution in [3.63, 3.8) is 0 Å². The van der Waals surface area contributed by atoms with Crippen LogP contribution in [0.1, 0.15) is 19.8 Å². The second-order valence-corrected chi connectivity index (χ2v) is 7.17. The summed E-state index contributed by atoms with van der Waals surface area (Å²) >= 11 is 0. The van der Waals surface area contributed by atoms with Crippen LogP contribution in [-0.2, 0) is 19.5 Å². The zero-order chi connectivity index (χ0) is 14.9. The fourth-order valence-electron chi connectivity index (χ4n) is 3.21. The third-order valence-corrected chi connectivity index (χ3v) is 6.01. The maximum atomic E-state index is 12.8. The largest absolute Gasteiger partial charge is 0.376 e. The fraction of sp³-hybridized carbons (Fsp3) is 0.643. The van der Waals surface area contributed by atoms with E-state index < -0.39 is 10.0 Å². The molecule has 1 aliphatic carbocycles. The van der Waals surface area contributed by atoms with Crippen LogP contribution in [0.5, 0.6) is 0 Å². The number of sulfonamides is 1. The summed E-state index contributed by atoms with van der Waals surface area (Å²) in [6.07, 6.45) is 4.41. The van der Waals surface area contributed by atoms with E-state index in [9.17, 15) is 8.42 Å². The molecule has 3 atom stereocenters. The molecule has 1 saturated carbocycles. The van der Waals surface area contributed by atoms with Crippen LogP contribution in [0.3, 0.4) is 0 Å². The number of rotatable bonds is 4. The zero-order valence-corrected chi connectivity index (χ0v) is 12.8. The van der Waals surface area contributed by atoms with Gasteiger partial charge in [0.05, 0.1) is 18.8 Å². The Labute approximate surface area is 125 Å². The first kappa shape index (κ1) is 14.9. The minimum absolute atomic E-state index is 0.00750. The molecule has 0 aromatic carbocycles. The topological polar surface area (TPSA) is 68.7 Å². The van der Waals surface area contributed by atoms with Crippen molar-refractivity contribution in [2.45, 2.75) is 42.9 Å². The highest BCUT2D eigenvalue weighted by molar-refractivity contribution is 7.89. The third-order valence-electron chi connectivity index (χ3n) is 4.11. The van der Waals surface area contributed by atoms with Gasteiger partial charge in [0.2, 0.25) is 10.0 Å². The number of hydrogen-bond acceptors (Lipinski definition) is 5. The molecule has 1 saturated heterocycles. The smallest absolute Gasteiger partial charge is 0.245 e. The van der Waals surface area contributed by atoms with Gasteiger partial charge in [-0.15, -0.1) is 0 Å². The van der Waals surface area contributed by atoms with Gasteiger partial charge >= 0.3 is 0 Å². The minimum atomic E-state index is -3.52. The summed E-state index contributed by atoms with van der Waals surface area (Å²) in [7, 11) is -3.52. The zero-order valence-electron chi connectivity index (χ0n) is 12.0. The highest BCUT2D eigenvalue weighted by Crippen LogP contribution is 2.35. The first-order valence-corrected chi connectivity index (χ1v) is 8.73. The van der Waals surface area contributed by atoms with Crippen LogP contribution < -0.4 is 0 Å². The molecule has 6 nitrogen and oxygen atoms in total. The molecule has 21 heavy (non-hydrogen) atoms. The van der Waals surface area contributed by atoms with Crippen LogP contribution in [0.25, 0.3) is 0 Å². The first-order chi connectivity index (χ1) is 10.1. The van der Waals surface area contributed by atoms with Crippen molar-refractivity contribution >= 4 is 10.0 Å². The molecule has 2 fully saturated rings. The lowest BCUT2D eigenvalue weighted by Gasteiger charge is -2.37. The van der Waals surface area contributed by atoms with Gasteiger partial charge in [-0.05, 0) is 31.9 Å². The summed E-state index contributed by atoms with van der Waals surface area (Å²) < 4.78 is 38.6. The highest BCUT2D eigenvalue weighted by Gasteiger charge is 2.47. The van der Waals surface area contributed by atoms with Gasteiger partial charge in [0.15, 0.2) is 0 Å². The van der Waals surface area contributed by atoms with E-state index >= 15 is 0 Å². The summed E-state index contributed by atoms with van der Waals surface area (Å²) in [5, 5.41) is 0. The van der Waals surface area contributed by atoms with Crippen molar-refractivity contribution < 1.29 is 17.9 Å². The predicted octanol–water partition coefficient (Wildman–Crippen LogP) is 1.04. The van der Waals surface area contributed by atoms with Crippen molar-refractivity contribution in [3.8, 4) is 0 Å². The molecule has 2 aliphatic rings. The maximum Gasteiger partial charge on any atom is 0.245 e. The van der Waals surface area contributed by atoms with Gasteiger partial charge in [0, 0.05) is 25.5 Å². The molecule has 0 amide bonds. The van der Waals surface area contributed by atoms with E-state index in [2.05, 4.69) is 4.98 Å². The van der Waals surface area contributed by atoms with Gasteiger partial charge in [-0.3, -0.25) is 4.98 Å². The molecule has 0 N–H and O–H groups in total. The van der Waals surface area contributed by atoms with Crippen molar-refractivity contribution in [2.24, 2.45) is 0 Å². The lowest BCUT2D eigenvalue weighted by atomic mass is 10.1. The molecule has 116 valence electrons. The number of morpholine rings is 1. The molecule has 1 aromatic heterocycles. The minimum Gasteiger partial charge on any atom is -0.376 e. The molecular weight excluding hydrogens is 292 g/mol. The number of ether oxygens (including phenoxy) is 2. The fourth-order valence-corrected chi connectivity index (χ4v) is 4.82. The summed E-state index contributed by atoms with van der Waals surface area (Å²) in [6, 6.07) is 3.09. The molecule has 0 radical (unpaired) electrons. The Balaban J connectivity index is 1.86. The summed E-state index contributed by atoms with van der Waals surface area (Å²) in [5.41, 5.74) is 0. The number of hydrogen-bond donors (Lipinski definition) is 0. The molecular formula is C14H20N2O4S. The van der Waals surface area contributed by atoms with E-state index in [0.717, 1.165) is 12.8 Å². The van der Waals surface area contributed by atoms with E-state index in [0.29, 0.717) is 19.8 Å². The van der Waals surface area contributed by atoms with E-state index in [4.69, 9.17) is 9.47 Å². The SMILES string of the molecule is CCO[C@H]1CC[C@H]2[C@H]1OCCN2S(=O)(=O)c1cccnc1. The second kappa shape index (κ2) is 6.00. The number of pyridine rings is 1. The first-order valence-electron chi connectivity index (χ1n) is 7.29. The summed E-state index contributed by atoms with van der Waals surface area (Å²) in [4.78, 5) is 4.16. The van der Waals surface area contributed by atoms with Crippen molar-refractivity contribution in [3.05, 3.63) is 24.5 Å². The lowest BCUT2D eigenvalue weighted by molar-refractivity contribution is -0.0938. The number of nitrogens with zero attached hydrogens (tertiary/aromatic N) is 2. The van der Waals surface area contributed by atoms with Crippen LogP contribution in [-0.4, -0.2) is 55.7 Å². The quantitative estimate of drug-likeness (QED) is 0.831. The Bertz CT molecular complexity index is 578. The van der Waals surface area contributed by atoms with E-state index in [-0.39, 0.29) is 23.1 Å². The number of aromatic nitrogens is 1. The van der Waals surface area contributed by atoms with E-state index in [1.54, 1.807) is 22.6 Å². The molecule has 7 heteroatoms. The Hall–Kier alpha value is -1.02. The molecule has 3 rings (SSSR count). The molecule has 1 aliphatic heterocycles. The van der Waals surface area contributed by atoms with Crippen LogP contribution in [0.15, 0.2) is 29.4 Å². The Morgan fingerprint density at radius 1 is 1.48 bits per heavy atom. The maximum absolute atomic E-state index is 12.8. The van der Waals surface area contributed by atoms with Gasteiger partial charge in [-0.1, -0.05) is 0 Å². The molecule has 0 spiro atoms. The van der Waals surface area contributed by atoms with Crippen LogP contribution >= 0.6 is 0 Å². The second-order valence-electron chi connectivity index (χ2n) is 5.28. The normalized spacial score (nSPS) is 30.2. The van der Waals surface area contributed by atoms with Crippen molar-refractivity contribution in [1.82, 2.24) is 9.29 Å². The van der Waals surface area contributed by atoms with Crippen LogP contribution in [0, 0.1) is 0 Å². The van der Waals surface area contributed by atoms with E-state index in [1.165, 1.54) is 6.20 Å². The predicted molar refractivity (Wildman–Crippen MR) is 76.3 cm³/mol. The van der Waals surface area contributed by atoms with Gasteiger partial charge in [-0.2, -0.15) is 4.31 Å². The summed E-state index contributed by atoms with van der Waals surface area (Å²) in [6.45, 7) is 3.36. The Kier molecular flexibility index (Phi) is 4.26. The summed E-state index contributed by atoms with van der Waals surface area (Å²) in [5.74, 6) is 0. The molecule has 1 aromatic rings.